The minimum absolute atomic E-state index is 0.0945. The molecule has 0 aromatic heterocycles. The first kappa shape index (κ1) is 28.0. The Morgan fingerprint density at radius 1 is 0.865 bits per heavy atom. The molecule has 0 unspecified atom stereocenters. The number of hydrogen-bond acceptors (Lipinski definition) is 5. The number of benzene rings is 3. The first-order chi connectivity index (χ1) is 17.6. The van der Waals surface area contributed by atoms with Crippen molar-refractivity contribution in [3.63, 3.8) is 0 Å². The maximum atomic E-state index is 12.2. The number of aryl methyl sites for hydroxylation is 1. The SMILES string of the molecule is Cc1ccc(C(C)C)c(Oc2ccc(NC(=O)CCC(=O)OCC(=O)Nc3ccc(Cl)cc3Cl)cc2)c1. The Balaban J connectivity index is 1.42. The molecule has 3 rings (SSSR count). The van der Waals surface area contributed by atoms with Gasteiger partial charge < -0.3 is 20.1 Å². The van der Waals surface area contributed by atoms with Crippen LogP contribution in [0.25, 0.3) is 0 Å². The number of halogens is 2. The van der Waals surface area contributed by atoms with Gasteiger partial charge in [0.25, 0.3) is 5.91 Å². The molecular weight excluding hydrogens is 515 g/mol. The predicted octanol–water partition coefficient (Wildman–Crippen LogP) is 7.12. The third-order valence-corrected chi connectivity index (χ3v) is 5.83. The lowest BCUT2D eigenvalue weighted by Gasteiger charge is -2.15. The quantitative estimate of drug-likeness (QED) is 0.266. The Hall–Kier alpha value is -3.55. The summed E-state index contributed by atoms with van der Waals surface area (Å²) in [5.74, 6) is 0.175. The Bertz CT molecular complexity index is 1280. The second-order valence-electron chi connectivity index (χ2n) is 8.70. The highest BCUT2D eigenvalue weighted by molar-refractivity contribution is 6.36. The predicted molar refractivity (Wildman–Crippen MR) is 146 cm³/mol. The molecule has 0 fully saturated rings. The summed E-state index contributed by atoms with van der Waals surface area (Å²) in [6, 6.07) is 17.7. The molecule has 0 aliphatic rings. The highest BCUT2D eigenvalue weighted by Crippen LogP contribution is 2.32. The van der Waals surface area contributed by atoms with Crippen LogP contribution in [0.3, 0.4) is 0 Å². The number of amides is 2. The zero-order valence-corrected chi connectivity index (χ0v) is 22.3. The third kappa shape index (κ3) is 8.81. The standard InChI is InChI=1S/C28H28Cl2N2O5/c1-17(2)22-10-4-18(3)14-25(22)37-21-8-6-20(7-9-21)31-26(33)12-13-28(35)36-16-27(34)32-24-11-5-19(29)15-23(24)30/h4-11,14-15,17H,12-13,16H2,1-3H3,(H,31,33)(H,32,34). The van der Waals surface area contributed by atoms with Gasteiger partial charge in [-0.15, -0.1) is 0 Å². The van der Waals surface area contributed by atoms with Gasteiger partial charge in [-0.1, -0.05) is 49.2 Å². The second-order valence-corrected chi connectivity index (χ2v) is 9.55. The van der Waals surface area contributed by atoms with E-state index < -0.39 is 18.5 Å². The molecule has 0 radical (unpaired) electrons. The lowest BCUT2D eigenvalue weighted by atomic mass is 10.0. The van der Waals surface area contributed by atoms with Gasteiger partial charge in [0.1, 0.15) is 11.5 Å². The van der Waals surface area contributed by atoms with Crippen LogP contribution in [0.4, 0.5) is 11.4 Å². The van der Waals surface area contributed by atoms with Crippen LogP contribution in [0, 0.1) is 6.92 Å². The van der Waals surface area contributed by atoms with Gasteiger partial charge in [-0.2, -0.15) is 0 Å². The van der Waals surface area contributed by atoms with Crippen LogP contribution in [0.2, 0.25) is 10.0 Å². The van der Waals surface area contributed by atoms with E-state index in [0.717, 1.165) is 16.9 Å². The zero-order valence-electron chi connectivity index (χ0n) is 20.8. The van der Waals surface area contributed by atoms with Crippen LogP contribution in [0.15, 0.2) is 60.7 Å². The molecule has 3 aromatic carbocycles. The fraction of sp³-hybridized carbons (Fsp3) is 0.250. The van der Waals surface area contributed by atoms with Crippen molar-refractivity contribution in [3.05, 3.63) is 81.8 Å². The third-order valence-electron chi connectivity index (χ3n) is 5.28. The average Bonchev–Trinajstić information content (AvgIpc) is 2.84. The lowest BCUT2D eigenvalue weighted by molar-refractivity contribution is -0.147. The molecule has 0 saturated heterocycles. The van der Waals surface area contributed by atoms with E-state index in [4.69, 9.17) is 32.7 Å². The lowest BCUT2D eigenvalue weighted by Crippen LogP contribution is -2.22. The number of carbonyl (C=O) groups excluding carboxylic acids is 3. The largest absolute Gasteiger partial charge is 0.457 e. The van der Waals surface area contributed by atoms with Crippen LogP contribution >= 0.6 is 23.2 Å². The van der Waals surface area contributed by atoms with Gasteiger partial charge in [-0.25, -0.2) is 0 Å². The van der Waals surface area contributed by atoms with Gasteiger partial charge in [0.2, 0.25) is 5.91 Å². The molecule has 194 valence electrons. The molecule has 7 nitrogen and oxygen atoms in total. The second kappa shape index (κ2) is 13.1. The van der Waals surface area contributed by atoms with Gasteiger partial charge in [0.05, 0.1) is 17.1 Å². The van der Waals surface area contributed by atoms with E-state index in [2.05, 4.69) is 36.6 Å². The summed E-state index contributed by atoms with van der Waals surface area (Å²) in [6.45, 7) is 5.73. The molecule has 2 N–H and O–H groups in total. The van der Waals surface area contributed by atoms with Crippen molar-refractivity contribution in [2.45, 2.75) is 39.5 Å². The molecule has 9 heteroatoms. The topological polar surface area (TPSA) is 93.7 Å². The molecule has 37 heavy (non-hydrogen) atoms. The Kier molecular flexibility index (Phi) is 9.94. The number of ether oxygens (including phenoxy) is 2. The van der Waals surface area contributed by atoms with Gasteiger partial charge in [0, 0.05) is 17.1 Å². The molecule has 0 heterocycles. The summed E-state index contributed by atoms with van der Waals surface area (Å²) < 4.78 is 11.0. The summed E-state index contributed by atoms with van der Waals surface area (Å²) in [7, 11) is 0. The molecule has 0 aliphatic heterocycles. The number of carbonyl (C=O) groups is 3. The van der Waals surface area contributed by atoms with Crippen molar-refractivity contribution in [2.24, 2.45) is 0 Å². The first-order valence-electron chi connectivity index (χ1n) is 11.7. The van der Waals surface area contributed by atoms with Crippen LogP contribution in [0.5, 0.6) is 11.5 Å². The molecule has 2 amide bonds. The van der Waals surface area contributed by atoms with Crippen molar-refractivity contribution in [1.29, 1.82) is 0 Å². The zero-order chi connectivity index (χ0) is 26.9. The average molecular weight is 543 g/mol. The van der Waals surface area contributed by atoms with Gasteiger partial charge in [0.15, 0.2) is 6.61 Å². The summed E-state index contributed by atoms with van der Waals surface area (Å²) in [5.41, 5.74) is 3.13. The maximum absolute atomic E-state index is 12.2. The van der Waals surface area contributed by atoms with Crippen molar-refractivity contribution < 1.29 is 23.9 Å². The number of anilines is 2. The van der Waals surface area contributed by atoms with E-state index in [1.807, 2.05) is 13.0 Å². The van der Waals surface area contributed by atoms with Crippen LogP contribution in [-0.2, 0) is 19.1 Å². The van der Waals surface area contributed by atoms with E-state index in [1.165, 1.54) is 6.07 Å². The van der Waals surface area contributed by atoms with Crippen LogP contribution in [0.1, 0.15) is 43.7 Å². The fourth-order valence-corrected chi connectivity index (χ4v) is 3.83. The minimum Gasteiger partial charge on any atom is -0.457 e. The number of esters is 1. The van der Waals surface area contributed by atoms with Crippen molar-refractivity contribution in [3.8, 4) is 11.5 Å². The van der Waals surface area contributed by atoms with Gasteiger partial charge in [-0.05, 0) is 72.5 Å². The highest BCUT2D eigenvalue weighted by atomic mass is 35.5. The van der Waals surface area contributed by atoms with E-state index in [0.29, 0.717) is 28.1 Å². The molecule has 0 bridgehead atoms. The molecule has 3 aromatic rings. The van der Waals surface area contributed by atoms with E-state index in [9.17, 15) is 14.4 Å². The number of rotatable bonds is 10. The highest BCUT2D eigenvalue weighted by Gasteiger charge is 2.13. The van der Waals surface area contributed by atoms with Crippen molar-refractivity contribution in [1.82, 2.24) is 0 Å². The van der Waals surface area contributed by atoms with Crippen molar-refractivity contribution in [2.75, 3.05) is 17.2 Å². The Labute approximate surface area is 226 Å². The van der Waals surface area contributed by atoms with E-state index in [1.54, 1.807) is 36.4 Å². The normalized spacial score (nSPS) is 10.6. The Morgan fingerprint density at radius 3 is 2.27 bits per heavy atom. The van der Waals surface area contributed by atoms with Gasteiger partial charge >= 0.3 is 5.97 Å². The smallest absolute Gasteiger partial charge is 0.306 e. The summed E-state index contributed by atoms with van der Waals surface area (Å²) in [5, 5.41) is 5.95. The maximum Gasteiger partial charge on any atom is 0.306 e. The summed E-state index contributed by atoms with van der Waals surface area (Å²) in [4.78, 5) is 36.2. The fourth-order valence-electron chi connectivity index (χ4n) is 3.37. The molecule has 0 spiro atoms. The first-order valence-corrected chi connectivity index (χ1v) is 12.4. The molecule has 0 atom stereocenters. The van der Waals surface area contributed by atoms with Crippen molar-refractivity contribution >= 4 is 52.4 Å². The minimum atomic E-state index is -0.671. The van der Waals surface area contributed by atoms with E-state index in [-0.39, 0.29) is 23.8 Å². The number of nitrogens with one attached hydrogen (secondary N) is 2. The Morgan fingerprint density at radius 2 is 1.59 bits per heavy atom. The summed E-state index contributed by atoms with van der Waals surface area (Å²) in [6.07, 6.45) is -0.268. The van der Waals surface area contributed by atoms with Crippen LogP contribution < -0.4 is 15.4 Å². The monoisotopic (exact) mass is 542 g/mol. The van der Waals surface area contributed by atoms with Gasteiger partial charge in [-0.3, -0.25) is 14.4 Å². The number of hydrogen-bond donors (Lipinski definition) is 2. The molecule has 0 saturated carbocycles. The molecule has 0 aliphatic carbocycles. The molecular formula is C28H28Cl2N2O5. The summed E-state index contributed by atoms with van der Waals surface area (Å²) >= 11 is 11.8. The van der Waals surface area contributed by atoms with E-state index >= 15 is 0 Å². The van der Waals surface area contributed by atoms with Crippen LogP contribution in [-0.4, -0.2) is 24.4 Å².